The number of ketones is 2. The summed E-state index contributed by atoms with van der Waals surface area (Å²) in [5, 5.41) is 23.0. The summed E-state index contributed by atoms with van der Waals surface area (Å²) < 4.78 is 26.7. The highest BCUT2D eigenvalue weighted by Gasteiger charge is 2.75. The molecule has 8 atom stereocenters. The highest BCUT2D eigenvalue weighted by Crippen LogP contribution is 2.70. The minimum atomic E-state index is -2.03. The third-order valence-corrected chi connectivity index (χ3v) is 9.23. The number of carbonyl (C=O) groups is 3. The first-order valence-corrected chi connectivity index (χ1v) is 11.7. The van der Waals surface area contributed by atoms with Gasteiger partial charge in [-0.05, 0) is 63.5 Å². The molecule has 0 radical (unpaired) electrons. The maximum atomic E-state index is 17.1. The second-order valence-corrected chi connectivity index (χ2v) is 10.6. The van der Waals surface area contributed by atoms with Crippen molar-refractivity contribution in [3.8, 4) is 0 Å². The second-order valence-electron chi connectivity index (χ2n) is 10.6. The number of Topliss-reactive ketones (excluding diaryl/α,β-unsaturated/α-hetero) is 1. The van der Waals surface area contributed by atoms with E-state index in [1.165, 1.54) is 12.2 Å². The van der Waals surface area contributed by atoms with Crippen LogP contribution in [0.3, 0.4) is 0 Å². The lowest BCUT2D eigenvalue weighted by Crippen LogP contribution is -2.69. The van der Waals surface area contributed by atoms with Crippen LogP contribution in [-0.2, 0) is 19.1 Å². The van der Waals surface area contributed by atoms with Gasteiger partial charge in [0.25, 0.3) is 0 Å². The zero-order valence-electron chi connectivity index (χ0n) is 19.6. The van der Waals surface area contributed by atoms with Gasteiger partial charge in [-0.25, -0.2) is 9.18 Å². The molecule has 33 heavy (non-hydrogen) atoms. The molecule has 0 heterocycles. The van der Waals surface area contributed by atoms with Crippen molar-refractivity contribution >= 4 is 17.7 Å². The molecular weight excluding hydrogens is 431 g/mol. The van der Waals surface area contributed by atoms with Gasteiger partial charge in [0.2, 0.25) is 5.78 Å². The van der Waals surface area contributed by atoms with Crippen LogP contribution in [0, 0.1) is 28.6 Å². The number of carbonyl (C=O) groups excluding carboxylic acids is 3. The summed E-state index contributed by atoms with van der Waals surface area (Å²) in [6.45, 7) is 6.25. The standard InChI is InChI=1S/C25H33FO7/c1-5-32-21(30)33-13-20(29)25(31)14(2)10-18-17-7-6-15-11-16(27)8-9-22(15,3)24(17,26)19(28)12-23(18,25)4/h8-9,11,14,17-19,28,31H,5-7,10,12-13H2,1-4H3/t14-,17+,18+,19+,22+,23+,24+,25+/m1/s1. The number of fused-ring (bicyclic) bond motifs is 5. The van der Waals surface area contributed by atoms with Gasteiger partial charge in [-0.1, -0.05) is 25.5 Å². The number of aliphatic hydroxyl groups excluding tert-OH is 1. The van der Waals surface area contributed by atoms with Gasteiger partial charge in [-0.3, -0.25) is 9.59 Å². The van der Waals surface area contributed by atoms with E-state index in [2.05, 4.69) is 0 Å². The normalized spacial score (nSPS) is 46.0. The fourth-order valence-electron chi connectivity index (χ4n) is 7.53. The van der Waals surface area contributed by atoms with Crippen molar-refractivity contribution in [2.24, 2.45) is 28.6 Å². The minimum Gasteiger partial charge on any atom is -0.435 e. The molecule has 0 unspecified atom stereocenters. The molecule has 0 amide bonds. The van der Waals surface area contributed by atoms with Crippen LogP contribution in [0.4, 0.5) is 9.18 Å². The first-order valence-electron chi connectivity index (χ1n) is 11.7. The Morgan fingerprint density at radius 1 is 1.24 bits per heavy atom. The molecule has 0 aromatic heterocycles. The zero-order valence-corrected chi connectivity index (χ0v) is 19.6. The number of hydrogen-bond donors (Lipinski definition) is 2. The number of halogens is 1. The quantitative estimate of drug-likeness (QED) is 0.615. The molecule has 8 heteroatoms. The molecule has 4 rings (SSSR count). The zero-order chi connectivity index (χ0) is 24.4. The highest BCUT2D eigenvalue weighted by molar-refractivity contribution is 6.01. The van der Waals surface area contributed by atoms with E-state index in [1.54, 1.807) is 33.8 Å². The predicted octanol–water partition coefficient (Wildman–Crippen LogP) is 3.08. The molecule has 7 nitrogen and oxygen atoms in total. The van der Waals surface area contributed by atoms with Crippen molar-refractivity contribution in [1.82, 2.24) is 0 Å². The van der Waals surface area contributed by atoms with E-state index >= 15 is 4.39 Å². The van der Waals surface area contributed by atoms with Crippen LogP contribution in [0.15, 0.2) is 23.8 Å². The van der Waals surface area contributed by atoms with E-state index in [9.17, 15) is 24.6 Å². The van der Waals surface area contributed by atoms with E-state index in [-0.39, 0.29) is 24.7 Å². The topological polar surface area (TPSA) is 110 Å². The summed E-state index contributed by atoms with van der Waals surface area (Å²) >= 11 is 0. The summed E-state index contributed by atoms with van der Waals surface area (Å²) in [6, 6.07) is 0. The Morgan fingerprint density at radius 2 is 1.94 bits per heavy atom. The highest BCUT2D eigenvalue weighted by atomic mass is 19.1. The Morgan fingerprint density at radius 3 is 2.61 bits per heavy atom. The van der Waals surface area contributed by atoms with E-state index in [4.69, 9.17) is 9.47 Å². The Labute approximate surface area is 193 Å². The Bertz CT molecular complexity index is 943. The Hall–Kier alpha value is -2.06. The van der Waals surface area contributed by atoms with Gasteiger partial charge in [0, 0.05) is 16.7 Å². The van der Waals surface area contributed by atoms with Gasteiger partial charge >= 0.3 is 6.16 Å². The van der Waals surface area contributed by atoms with Crippen LogP contribution < -0.4 is 0 Å². The van der Waals surface area contributed by atoms with Crippen molar-refractivity contribution < 1.29 is 38.5 Å². The summed E-state index contributed by atoms with van der Waals surface area (Å²) in [4.78, 5) is 36.7. The number of ether oxygens (including phenoxy) is 2. The van der Waals surface area contributed by atoms with Crippen molar-refractivity contribution in [3.63, 3.8) is 0 Å². The first-order chi connectivity index (χ1) is 15.4. The smallest absolute Gasteiger partial charge is 0.435 e. The van der Waals surface area contributed by atoms with Gasteiger partial charge in [0.05, 0.1) is 12.7 Å². The lowest BCUT2D eigenvalue weighted by Gasteiger charge is -2.62. The lowest BCUT2D eigenvalue weighted by molar-refractivity contribution is -0.219. The van der Waals surface area contributed by atoms with E-state index < -0.39 is 58.6 Å². The maximum absolute atomic E-state index is 17.1. The van der Waals surface area contributed by atoms with Crippen LogP contribution in [-0.4, -0.2) is 58.5 Å². The molecule has 3 fully saturated rings. The van der Waals surface area contributed by atoms with Gasteiger partial charge in [-0.2, -0.15) is 0 Å². The number of hydrogen-bond acceptors (Lipinski definition) is 7. The third kappa shape index (κ3) is 3.02. The summed E-state index contributed by atoms with van der Waals surface area (Å²) in [5.41, 5.74) is -5.48. The predicted molar refractivity (Wildman–Crippen MR) is 116 cm³/mol. The fraction of sp³-hybridized carbons (Fsp3) is 0.720. The second kappa shape index (κ2) is 7.73. The maximum Gasteiger partial charge on any atom is 0.508 e. The SMILES string of the molecule is CCOC(=O)OCC(=O)[C@@]1(O)[C@H](C)C[C@H]2[C@@H]3CCC4=CC(=O)C=C[C@]4(C)[C@@]3(F)[C@@H](O)C[C@@]21C. The summed E-state index contributed by atoms with van der Waals surface area (Å²) in [7, 11) is 0. The molecule has 3 saturated carbocycles. The first kappa shape index (κ1) is 24.1. The van der Waals surface area contributed by atoms with Crippen LogP contribution in [0.2, 0.25) is 0 Å². The number of allylic oxidation sites excluding steroid dienone is 4. The van der Waals surface area contributed by atoms with E-state index in [1.807, 2.05) is 0 Å². The Kier molecular flexibility index (Phi) is 5.64. The van der Waals surface area contributed by atoms with Gasteiger partial charge in [-0.15, -0.1) is 0 Å². The average Bonchev–Trinajstić information content (AvgIpc) is 2.95. The molecule has 0 aliphatic heterocycles. The van der Waals surface area contributed by atoms with Crippen LogP contribution in [0.25, 0.3) is 0 Å². The minimum absolute atomic E-state index is 0.0924. The molecule has 0 bridgehead atoms. The molecule has 182 valence electrons. The molecular formula is C25H33FO7. The summed E-state index contributed by atoms with van der Waals surface area (Å²) in [5.74, 6) is -2.36. The average molecular weight is 465 g/mol. The number of aliphatic hydroxyl groups is 2. The largest absolute Gasteiger partial charge is 0.508 e. The van der Waals surface area contributed by atoms with Crippen molar-refractivity contribution in [2.45, 2.75) is 70.8 Å². The van der Waals surface area contributed by atoms with Gasteiger partial charge in [0.15, 0.2) is 18.1 Å². The summed E-state index contributed by atoms with van der Waals surface area (Å²) in [6.07, 6.45) is 3.16. The van der Waals surface area contributed by atoms with Crippen LogP contribution in [0.1, 0.15) is 53.4 Å². The molecule has 2 N–H and O–H groups in total. The fourth-order valence-corrected chi connectivity index (χ4v) is 7.53. The number of rotatable bonds is 4. The lowest BCUT2D eigenvalue weighted by atomic mass is 9.44. The molecule has 4 aliphatic carbocycles. The van der Waals surface area contributed by atoms with Crippen LogP contribution in [0.5, 0.6) is 0 Å². The van der Waals surface area contributed by atoms with E-state index in [0.29, 0.717) is 24.8 Å². The molecule has 0 aromatic rings. The molecule has 4 aliphatic rings. The molecule has 0 aromatic carbocycles. The molecule has 0 spiro atoms. The van der Waals surface area contributed by atoms with Crippen molar-refractivity contribution in [1.29, 1.82) is 0 Å². The van der Waals surface area contributed by atoms with Crippen molar-refractivity contribution in [3.05, 3.63) is 23.8 Å². The van der Waals surface area contributed by atoms with Gasteiger partial charge in [0.1, 0.15) is 5.60 Å². The third-order valence-electron chi connectivity index (χ3n) is 9.23. The Balaban J connectivity index is 1.69. The monoisotopic (exact) mass is 464 g/mol. The van der Waals surface area contributed by atoms with Gasteiger partial charge < -0.3 is 19.7 Å². The number of alkyl halides is 1. The van der Waals surface area contributed by atoms with Crippen molar-refractivity contribution in [2.75, 3.05) is 13.2 Å². The molecule has 0 saturated heterocycles. The van der Waals surface area contributed by atoms with E-state index in [0.717, 1.165) is 0 Å². The van der Waals surface area contributed by atoms with Crippen LogP contribution >= 0.6 is 0 Å².